The first-order valence-electron chi connectivity index (χ1n) is 7.30. The SMILES string of the molecule is C=CCN(Cc1ccc(CNC(C)(C)C)o1)C(C)(C)C. The molecule has 0 aliphatic rings. The van der Waals surface area contributed by atoms with E-state index in [0.717, 1.165) is 31.2 Å². The van der Waals surface area contributed by atoms with E-state index in [-0.39, 0.29) is 11.1 Å². The van der Waals surface area contributed by atoms with Crippen molar-refractivity contribution in [2.45, 2.75) is 65.7 Å². The van der Waals surface area contributed by atoms with Gasteiger partial charge in [0, 0.05) is 17.6 Å². The first kappa shape index (κ1) is 17.0. The Morgan fingerprint density at radius 3 is 2.25 bits per heavy atom. The summed E-state index contributed by atoms with van der Waals surface area (Å²) in [4.78, 5) is 2.35. The normalized spacial score (nSPS) is 12.9. The minimum atomic E-state index is 0.102. The lowest BCUT2D eigenvalue weighted by molar-refractivity contribution is 0.133. The molecule has 0 aliphatic carbocycles. The van der Waals surface area contributed by atoms with Crippen molar-refractivity contribution in [3.63, 3.8) is 0 Å². The Kier molecular flexibility index (Phi) is 5.60. The quantitative estimate of drug-likeness (QED) is 0.799. The van der Waals surface area contributed by atoms with E-state index in [1.165, 1.54) is 0 Å². The van der Waals surface area contributed by atoms with Crippen LogP contribution in [0.25, 0.3) is 0 Å². The Balaban J connectivity index is 2.64. The Morgan fingerprint density at radius 1 is 1.15 bits per heavy atom. The number of furan rings is 1. The predicted molar refractivity (Wildman–Crippen MR) is 85.7 cm³/mol. The second-order valence-electron chi connectivity index (χ2n) is 7.31. The molecular weight excluding hydrogens is 248 g/mol. The van der Waals surface area contributed by atoms with Gasteiger partial charge >= 0.3 is 0 Å². The molecule has 0 bridgehead atoms. The first-order chi connectivity index (χ1) is 9.12. The molecule has 1 aromatic heterocycles. The Morgan fingerprint density at radius 2 is 1.75 bits per heavy atom. The van der Waals surface area contributed by atoms with Crippen molar-refractivity contribution in [3.05, 3.63) is 36.3 Å². The van der Waals surface area contributed by atoms with Crippen molar-refractivity contribution < 1.29 is 4.42 Å². The van der Waals surface area contributed by atoms with Gasteiger partial charge in [-0.2, -0.15) is 0 Å². The first-order valence-corrected chi connectivity index (χ1v) is 7.30. The lowest BCUT2D eigenvalue weighted by Gasteiger charge is -2.34. The van der Waals surface area contributed by atoms with E-state index in [0.29, 0.717) is 0 Å². The van der Waals surface area contributed by atoms with Crippen molar-refractivity contribution in [3.8, 4) is 0 Å². The van der Waals surface area contributed by atoms with Crippen molar-refractivity contribution >= 4 is 0 Å². The van der Waals surface area contributed by atoms with Crippen LogP contribution in [0.5, 0.6) is 0 Å². The van der Waals surface area contributed by atoms with Crippen LogP contribution < -0.4 is 5.32 Å². The Hall–Kier alpha value is -1.06. The monoisotopic (exact) mass is 278 g/mol. The molecule has 1 heterocycles. The summed E-state index contributed by atoms with van der Waals surface area (Å²) in [6, 6.07) is 4.13. The molecule has 20 heavy (non-hydrogen) atoms. The zero-order chi connectivity index (χ0) is 15.4. The number of hydrogen-bond donors (Lipinski definition) is 1. The molecule has 3 nitrogen and oxygen atoms in total. The molecule has 1 aromatic rings. The van der Waals surface area contributed by atoms with Crippen molar-refractivity contribution in [1.82, 2.24) is 10.2 Å². The van der Waals surface area contributed by atoms with Crippen molar-refractivity contribution in [2.24, 2.45) is 0 Å². The molecule has 3 heteroatoms. The highest BCUT2D eigenvalue weighted by atomic mass is 16.3. The minimum absolute atomic E-state index is 0.102. The molecule has 0 unspecified atom stereocenters. The van der Waals surface area contributed by atoms with Crippen molar-refractivity contribution in [2.75, 3.05) is 6.54 Å². The second-order valence-corrected chi connectivity index (χ2v) is 7.31. The van der Waals surface area contributed by atoms with Crippen LogP contribution in [0, 0.1) is 0 Å². The Bertz CT molecular complexity index is 421. The molecular formula is C17H30N2O. The van der Waals surface area contributed by atoms with Crippen molar-refractivity contribution in [1.29, 1.82) is 0 Å². The summed E-state index contributed by atoms with van der Waals surface area (Å²) in [5.41, 5.74) is 0.206. The summed E-state index contributed by atoms with van der Waals surface area (Å²) in [6.07, 6.45) is 1.94. The molecule has 0 amide bonds. The van der Waals surface area contributed by atoms with E-state index in [4.69, 9.17) is 4.42 Å². The highest BCUT2D eigenvalue weighted by molar-refractivity contribution is 5.08. The van der Waals surface area contributed by atoms with E-state index < -0.39 is 0 Å². The fourth-order valence-corrected chi connectivity index (χ4v) is 1.87. The van der Waals surface area contributed by atoms with E-state index in [1.807, 2.05) is 6.08 Å². The van der Waals surface area contributed by atoms with E-state index in [1.54, 1.807) is 0 Å². The topological polar surface area (TPSA) is 28.4 Å². The zero-order valence-electron chi connectivity index (χ0n) is 13.9. The second kappa shape index (κ2) is 6.59. The Labute approximate surface area is 124 Å². The number of nitrogens with zero attached hydrogens (tertiary/aromatic N) is 1. The van der Waals surface area contributed by atoms with E-state index in [9.17, 15) is 0 Å². The average molecular weight is 278 g/mol. The molecule has 1 rings (SSSR count). The van der Waals surface area contributed by atoms with Gasteiger partial charge in [0.25, 0.3) is 0 Å². The molecule has 0 radical (unpaired) electrons. The summed E-state index contributed by atoms with van der Waals surface area (Å²) in [5, 5.41) is 3.44. The number of nitrogens with one attached hydrogen (secondary N) is 1. The smallest absolute Gasteiger partial charge is 0.118 e. The van der Waals surface area contributed by atoms with Gasteiger partial charge in [-0.1, -0.05) is 6.08 Å². The fraction of sp³-hybridized carbons (Fsp3) is 0.647. The van der Waals surface area contributed by atoms with E-state index >= 15 is 0 Å². The lowest BCUT2D eigenvalue weighted by atomic mass is 10.1. The van der Waals surface area contributed by atoms with Crippen LogP contribution in [0.15, 0.2) is 29.2 Å². The third-order valence-electron chi connectivity index (χ3n) is 3.16. The summed E-state index contributed by atoms with van der Waals surface area (Å²) < 4.78 is 5.91. The van der Waals surface area contributed by atoms with Gasteiger partial charge in [-0.25, -0.2) is 0 Å². The summed E-state index contributed by atoms with van der Waals surface area (Å²) in [7, 11) is 0. The molecule has 0 atom stereocenters. The minimum Gasteiger partial charge on any atom is -0.463 e. The molecule has 0 aliphatic heterocycles. The molecule has 1 N–H and O–H groups in total. The largest absolute Gasteiger partial charge is 0.463 e. The van der Waals surface area contributed by atoms with Crippen LogP contribution in [-0.4, -0.2) is 22.5 Å². The maximum atomic E-state index is 5.91. The molecule has 0 saturated carbocycles. The highest BCUT2D eigenvalue weighted by Gasteiger charge is 2.21. The van der Waals surface area contributed by atoms with E-state index in [2.05, 4.69) is 70.5 Å². The third kappa shape index (κ3) is 5.93. The maximum Gasteiger partial charge on any atom is 0.118 e. The van der Waals surface area contributed by atoms with Gasteiger partial charge in [-0.05, 0) is 53.7 Å². The summed E-state index contributed by atoms with van der Waals surface area (Å²) in [6.45, 7) is 19.4. The van der Waals surface area contributed by atoms with Crippen LogP contribution in [-0.2, 0) is 13.1 Å². The van der Waals surface area contributed by atoms with Crippen LogP contribution in [0.1, 0.15) is 53.1 Å². The lowest BCUT2D eigenvalue weighted by Crippen LogP contribution is -2.40. The molecule has 114 valence electrons. The zero-order valence-corrected chi connectivity index (χ0v) is 13.9. The predicted octanol–water partition coefficient (Wildman–Crippen LogP) is 3.95. The molecule has 0 aromatic carbocycles. The van der Waals surface area contributed by atoms with Gasteiger partial charge in [0.1, 0.15) is 11.5 Å². The molecule has 0 fully saturated rings. The standard InChI is InChI=1S/C17H30N2O/c1-8-11-19(17(5,6)7)13-15-10-9-14(20-15)12-18-16(2,3)4/h8-10,18H,1,11-13H2,2-7H3. The van der Waals surface area contributed by atoms with Crippen LogP contribution in [0.4, 0.5) is 0 Å². The fourth-order valence-electron chi connectivity index (χ4n) is 1.87. The average Bonchev–Trinajstić information content (AvgIpc) is 2.71. The van der Waals surface area contributed by atoms with Gasteiger partial charge in [0.05, 0.1) is 13.1 Å². The number of rotatable bonds is 6. The van der Waals surface area contributed by atoms with Gasteiger partial charge in [-0.3, -0.25) is 4.90 Å². The van der Waals surface area contributed by atoms with Gasteiger partial charge in [0.2, 0.25) is 0 Å². The van der Waals surface area contributed by atoms with Crippen LogP contribution in [0.3, 0.4) is 0 Å². The van der Waals surface area contributed by atoms with Crippen LogP contribution in [0.2, 0.25) is 0 Å². The summed E-state index contributed by atoms with van der Waals surface area (Å²) >= 11 is 0. The van der Waals surface area contributed by atoms with Gasteiger partial charge < -0.3 is 9.73 Å². The summed E-state index contributed by atoms with van der Waals surface area (Å²) in [5.74, 6) is 2.00. The number of hydrogen-bond acceptors (Lipinski definition) is 3. The maximum absolute atomic E-state index is 5.91. The molecule has 0 spiro atoms. The third-order valence-corrected chi connectivity index (χ3v) is 3.16. The molecule has 0 saturated heterocycles. The van der Waals surface area contributed by atoms with Gasteiger partial charge in [-0.15, -0.1) is 6.58 Å². The highest BCUT2D eigenvalue weighted by Crippen LogP contribution is 2.19. The van der Waals surface area contributed by atoms with Crippen LogP contribution >= 0.6 is 0 Å². The van der Waals surface area contributed by atoms with Gasteiger partial charge in [0.15, 0.2) is 0 Å².